The molecule has 3 aromatic carbocycles. The zero-order valence-electron chi connectivity index (χ0n) is 24.3. The van der Waals surface area contributed by atoms with E-state index in [2.05, 4.69) is 22.2 Å². The number of nitrogens with zero attached hydrogens (tertiary/aromatic N) is 3. The first kappa shape index (κ1) is 29.1. The number of rotatable bonds is 7. The molecule has 1 fully saturated rings. The van der Waals surface area contributed by atoms with Gasteiger partial charge in [0.25, 0.3) is 5.91 Å². The van der Waals surface area contributed by atoms with Crippen LogP contribution in [0.15, 0.2) is 84.0 Å². The number of piperidine rings is 1. The number of hydrazone groups is 1. The van der Waals surface area contributed by atoms with Crippen molar-refractivity contribution >= 4 is 35.0 Å². The van der Waals surface area contributed by atoms with Gasteiger partial charge in [0.15, 0.2) is 0 Å². The van der Waals surface area contributed by atoms with Crippen LogP contribution < -0.4 is 11.1 Å². The Morgan fingerprint density at radius 2 is 1.74 bits per heavy atom. The number of carbonyl (C=O) groups is 3. The van der Waals surface area contributed by atoms with Gasteiger partial charge in [0, 0.05) is 43.6 Å². The fraction of sp³-hybridized carbons (Fsp3) is 0.353. The van der Waals surface area contributed by atoms with E-state index < -0.39 is 11.5 Å². The first-order valence-corrected chi connectivity index (χ1v) is 15.3. The summed E-state index contributed by atoms with van der Waals surface area (Å²) in [5.74, 6) is -0.821. The lowest BCUT2D eigenvalue weighted by Crippen LogP contribution is -2.63. The maximum Gasteiger partial charge on any atom is 0.256 e. The molecule has 0 saturated carbocycles. The predicted octanol–water partition coefficient (Wildman–Crippen LogP) is 3.20. The zero-order chi connectivity index (χ0) is 30.1. The summed E-state index contributed by atoms with van der Waals surface area (Å²) < 4.78 is 0. The van der Waals surface area contributed by atoms with Gasteiger partial charge in [0.05, 0.1) is 11.6 Å². The van der Waals surface area contributed by atoms with Gasteiger partial charge in [-0.3, -0.25) is 14.4 Å². The quantitative estimate of drug-likeness (QED) is 0.436. The molecule has 4 atom stereocenters. The summed E-state index contributed by atoms with van der Waals surface area (Å²) in [5.41, 5.74) is 8.45. The minimum Gasteiger partial charge on any atom is -0.351 e. The summed E-state index contributed by atoms with van der Waals surface area (Å²) in [7, 11) is 1.67. The first-order chi connectivity index (χ1) is 20.7. The molecule has 1 aliphatic carbocycles. The van der Waals surface area contributed by atoms with E-state index in [1.165, 1.54) is 10.6 Å². The Labute approximate surface area is 256 Å². The van der Waals surface area contributed by atoms with E-state index in [-0.39, 0.29) is 36.2 Å². The van der Waals surface area contributed by atoms with E-state index in [0.717, 1.165) is 28.8 Å². The molecule has 43 heavy (non-hydrogen) atoms. The number of likely N-dealkylation sites (tertiary alicyclic amines) is 1. The van der Waals surface area contributed by atoms with Crippen molar-refractivity contribution in [1.82, 2.24) is 15.2 Å². The van der Waals surface area contributed by atoms with Gasteiger partial charge in [-0.2, -0.15) is 5.10 Å². The van der Waals surface area contributed by atoms with E-state index in [1.807, 2.05) is 60.7 Å². The third kappa shape index (κ3) is 5.69. The van der Waals surface area contributed by atoms with Crippen LogP contribution in [-0.4, -0.2) is 59.5 Å². The van der Waals surface area contributed by atoms with Crippen molar-refractivity contribution in [2.75, 3.05) is 20.1 Å². The van der Waals surface area contributed by atoms with Gasteiger partial charge in [0.1, 0.15) is 17.5 Å². The molecule has 0 radical (unpaired) electrons. The molecule has 3 aromatic rings. The fourth-order valence-corrected chi connectivity index (χ4v) is 7.06. The molecule has 3 aliphatic rings. The van der Waals surface area contributed by atoms with E-state index in [9.17, 15) is 14.4 Å². The van der Waals surface area contributed by atoms with E-state index in [1.54, 1.807) is 24.1 Å². The van der Waals surface area contributed by atoms with Crippen molar-refractivity contribution < 1.29 is 20.1 Å². The number of halogens is 1. The Bertz CT molecular complexity index is 1560. The highest BCUT2D eigenvalue weighted by Gasteiger charge is 2.54. The van der Waals surface area contributed by atoms with Gasteiger partial charge in [-0.1, -0.05) is 78.3 Å². The van der Waals surface area contributed by atoms with Crippen LogP contribution in [0.2, 0.25) is 5.02 Å². The van der Waals surface area contributed by atoms with Gasteiger partial charge >= 0.3 is 0 Å². The Kier molecular flexibility index (Phi) is 8.07. The molecule has 4 N–H and O–H groups in total. The summed E-state index contributed by atoms with van der Waals surface area (Å²) in [6.45, 7) is 0.640. The molecular weight excluding hydrogens is 562 g/mol. The van der Waals surface area contributed by atoms with Crippen LogP contribution in [0.3, 0.4) is 0 Å². The molecule has 2 heterocycles. The highest BCUT2D eigenvalue weighted by molar-refractivity contribution is 6.30. The van der Waals surface area contributed by atoms with Crippen LogP contribution in [0.1, 0.15) is 41.1 Å². The SMILES string of the molecule is CN1N=C2CCN(C(=O)C(Cc3ccc(Cl)cc3)NC(=O)C3CCc4ccccc4C3[NH3+])CC2(Cc2ccccc2)C1=O. The van der Waals surface area contributed by atoms with Gasteiger partial charge in [-0.25, -0.2) is 5.01 Å². The number of quaternary nitrogens is 1. The largest absolute Gasteiger partial charge is 0.351 e. The maximum atomic E-state index is 14.3. The highest BCUT2D eigenvalue weighted by atomic mass is 35.5. The van der Waals surface area contributed by atoms with E-state index in [0.29, 0.717) is 37.3 Å². The Morgan fingerprint density at radius 3 is 2.51 bits per heavy atom. The zero-order valence-corrected chi connectivity index (χ0v) is 25.1. The average Bonchev–Trinajstić information content (AvgIpc) is 3.26. The molecule has 222 valence electrons. The van der Waals surface area contributed by atoms with Gasteiger partial charge in [-0.15, -0.1) is 0 Å². The van der Waals surface area contributed by atoms with Crippen LogP contribution >= 0.6 is 11.6 Å². The molecule has 1 saturated heterocycles. The number of benzene rings is 3. The molecule has 2 aliphatic heterocycles. The summed E-state index contributed by atoms with van der Waals surface area (Å²) >= 11 is 6.14. The highest BCUT2D eigenvalue weighted by Crippen LogP contribution is 2.38. The number of fused-ring (bicyclic) bond motifs is 2. The van der Waals surface area contributed by atoms with E-state index >= 15 is 0 Å². The summed E-state index contributed by atoms with van der Waals surface area (Å²) in [6.07, 6.45) is 2.73. The Balaban J connectivity index is 1.26. The minimum atomic E-state index is -0.926. The van der Waals surface area contributed by atoms with Crippen molar-refractivity contribution in [2.24, 2.45) is 16.4 Å². The third-order valence-electron chi connectivity index (χ3n) is 9.24. The van der Waals surface area contributed by atoms with Crippen LogP contribution in [0.4, 0.5) is 0 Å². The molecule has 6 rings (SSSR count). The second-order valence-electron chi connectivity index (χ2n) is 12.0. The summed E-state index contributed by atoms with van der Waals surface area (Å²) in [4.78, 5) is 43.5. The number of carbonyl (C=O) groups excluding carboxylic acids is 3. The molecule has 0 bridgehead atoms. The second-order valence-corrected chi connectivity index (χ2v) is 12.4. The van der Waals surface area contributed by atoms with E-state index in [4.69, 9.17) is 11.6 Å². The number of nitrogens with one attached hydrogen (secondary N) is 1. The van der Waals surface area contributed by atoms with Crippen molar-refractivity contribution in [3.05, 3.63) is 106 Å². The lowest BCUT2D eigenvalue weighted by atomic mass is 9.73. The minimum absolute atomic E-state index is 0.108. The number of hydrogen-bond acceptors (Lipinski definition) is 4. The molecule has 4 unspecified atom stereocenters. The second kappa shape index (κ2) is 11.9. The fourth-order valence-electron chi connectivity index (χ4n) is 6.94. The summed E-state index contributed by atoms with van der Waals surface area (Å²) in [5, 5.41) is 9.72. The van der Waals surface area contributed by atoms with Crippen LogP contribution in [0, 0.1) is 11.3 Å². The third-order valence-corrected chi connectivity index (χ3v) is 9.49. The van der Waals surface area contributed by atoms with Crippen molar-refractivity contribution in [3.8, 4) is 0 Å². The van der Waals surface area contributed by atoms with Crippen LogP contribution in [0.5, 0.6) is 0 Å². The number of aryl methyl sites for hydroxylation is 1. The lowest BCUT2D eigenvalue weighted by Gasteiger charge is -2.41. The topological polar surface area (TPSA) is 110 Å². The first-order valence-electron chi connectivity index (χ1n) is 14.9. The number of hydrogen-bond donors (Lipinski definition) is 2. The lowest BCUT2D eigenvalue weighted by molar-refractivity contribution is -0.438. The normalized spacial score (nSPS) is 23.7. The Hall–Kier alpha value is -4.01. The van der Waals surface area contributed by atoms with Crippen molar-refractivity contribution in [2.45, 2.75) is 44.2 Å². The van der Waals surface area contributed by atoms with Gasteiger partial charge in [0.2, 0.25) is 11.8 Å². The van der Waals surface area contributed by atoms with Gasteiger partial charge in [-0.05, 0) is 48.1 Å². The molecule has 0 aromatic heterocycles. The molecule has 0 spiro atoms. The smallest absolute Gasteiger partial charge is 0.256 e. The average molecular weight is 599 g/mol. The number of amides is 3. The van der Waals surface area contributed by atoms with Crippen molar-refractivity contribution in [1.29, 1.82) is 0 Å². The molecular formula is C34H37ClN5O3+. The molecule has 9 heteroatoms. The summed E-state index contributed by atoms with van der Waals surface area (Å²) in [6, 6.07) is 24.3. The predicted molar refractivity (Wildman–Crippen MR) is 165 cm³/mol. The standard InChI is InChI=1S/C34H36ClN5O3/c1-39-33(43)34(20-23-7-3-2-4-8-23)21-40(18-17-29(34)38-39)32(42)28(19-22-11-14-25(35)15-12-22)37-31(41)27-16-13-24-9-5-6-10-26(24)30(27)36/h2-12,14-15,27-28,30H,13,16-21,36H2,1H3,(H,37,41)/p+1. The monoisotopic (exact) mass is 598 g/mol. The van der Waals surface area contributed by atoms with Crippen molar-refractivity contribution in [3.63, 3.8) is 0 Å². The maximum absolute atomic E-state index is 14.3. The van der Waals surface area contributed by atoms with Crippen LogP contribution in [-0.2, 0) is 33.6 Å². The Morgan fingerprint density at radius 1 is 1.02 bits per heavy atom. The van der Waals surface area contributed by atoms with Gasteiger partial charge < -0.3 is 16.0 Å². The molecule has 8 nitrogen and oxygen atoms in total. The van der Waals surface area contributed by atoms with Crippen LogP contribution in [0.25, 0.3) is 0 Å². The molecule has 3 amide bonds.